The molecule has 5 nitrogen and oxygen atoms in total. The average molecular weight is 182 g/mol. The Morgan fingerprint density at radius 3 is 2.92 bits per heavy atom. The van der Waals surface area contributed by atoms with Gasteiger partial charge in [0.25, 0.3) is 0 Å². The summed E-state index contributed by atoms with van der Waals surface area (Å²) in [6.45, 7) is 1.57. The van der Waals surface area contributed by atoms with Crippen molar-refractivity contribution in [2.45, 2.75) is 25.8 Å². The van der Waals surface area contributed by atoms with E-state index in [1.165, 1.54) is 12.8 Å². The highest BCUT2D eigenvalue weighted by molar-refractivity contribution is 4.92. The molecule has 0 amide bonds. The predicted molar refractivity (Wildman–Crippen MR) is 46.4 cm³/mol. The molecular formula is C8H14N4O. The predicted octanol–water partition coefficient (Wildman–Crippen LogP) is 0.339. The molecule has 1 aliphatic carbocycles. The molecule has 2 N–H and O–H groups in total. The van der Waals surface area contributed by atoms with Crippen LogP contribution in [0.15, 0.2) is 12.7 Å². The molecule has 1 heterocycles. The molecule has 72 valence electrons. The molecule has 1 aliphatic rings. The second kappa shape index (κ2) is 3.43. The van der Waals surface area contributed by atoms with Gasteiger partial charge in [-0.15, -0.1) is 0 Å². The topological polar surface area (TPSA) is 66.0 Å². The van der Waals surface area contributed by atoms with Crippen molar-refractivity contribution < 1.29 is 4.84 Å². The van der Waals surface area contributed by atoms with E-state index in [1.54, 1.807) is 12.7 Å². The fourth-order valence-electron chi connectivity index (χ4n) is 1.52. The van der Waals surface area contributed by atoms with Crippen LogP contribution in [0, 0.1) is 5.41 Å². The third kappa shape index (κ3) is 2.05. The van der Waals surface area contributed by atoms with Crippen molar-refractivity contribution in [2.24, 2.45) is 11.3 Å². The second-order valence-corrected chi connectivity index (χ2v) is 3.72. The molecule has 5 heteroatoms. The lowest BCUT2D eigenvalue weighted by molar-refractivity contribution is 0.0857. The van der Waals surface area contributed by atoms with Crippen LogP contribution in [0.4, 0.5) is 0 Å². The summed E-state index contributed by atoms with van der Waals surface area (Å²) in [5.41, 5.74) is 0.334. The van der Waals surface area contributed by atoms with Gasteiger partial charge in [-0.25, -0.2) is 10.9 Å². The Morgan fingerprint density at radius 1 is 1.54 bits per heavy atom. The fraction of sp³-hybridized carbons (Fsp3) is 0.750. The van der Waals surface area contributed by atoms with Gasteiger partial charge in [0.15, 0.2) is 0 Å². The first-order valence-corrected chi connectivity index (χ1v) is 4.49. The Kier molecular flexibility index (Phi) is 2.28. The van der Waals surface area contributed by atoms with E-state index in [2.05, 4.69) is 10.1 Å². The van der Waals surface area contributed by atoms with Crippen LogP contribution in [-0.4, -0.2) is 21.4 Å². The molecule has 2 rings (SSSR count). The lowest BCUT2D eigenvalue weighted by Gasteiger charge is -2.12. The summed E-state index contributed by atoms with van der Waals surface area (Å²) in [6.07, 6.45) is 6.81. The SMILES string of the molecule is NOCC1(CCn2cncn2)CC1. The minimum absolute atomic E-state index is 0.334. The zero-order valence-electron chi connectivity index (χ0n) is 7.52. The average Bonchev–Trinajstić information content (AvgIpc) is 2.71. The van der Waals surface area contributed by atoms with Gasteiger partial charge in [0.1, 0.15) is 12.7 Å². The van der Waals surface area contributed by atoms with Gasteiger partial charge in [-0.3, -0.25) is 4.68 Å². The summed E-state index contributed by atoms with van der Waals surface area (Å²) in [5, 5.41) is 4.04. The number of hydrogen-bond acceptors (Lipinski definition) is 4. The maximum Gasteiger partial charge on any atom is 0.137 e. The third-order valence-corrected chi connectivity index (χ3v) is 2.68. The maximum absolute atomic E-state index is 5.07. The zero-order valence-corrected chi connectivity index (χ0v) is 7.52. The van der Waals surface area contributed by atoms with Crippen LogP contribution < -0.4 is 5.90 Å². The Labute approximate surface area is 76.8 Å². The van der Waals surface area contributed by atoms with Crippen molar-refractivity contribution >= 4 is 0 Å². The summed E-state index contributed by atoms with van der Waals surface area (Å²) in [5.74, 6) is 5.07. The largest absolute Gasteiger partial charge is 0.304 e. The number of rotatable bonds is 5. The minimum atomic E-state index is 0.334. The fourth-order valence-corrected chi connectivity index (χ4v) is 1.52. The van der Waals surface area contributed by atoms with Crippen LogP contribution >= 0.6 is 0 Å². The van der Waals surface area contributed by atoms with E-state index in [-0.39, 0.29) is 0 Å². The highest BCUT2D eigenvalue weighted by Crippen LogP contribution is 2.48. The van der Waals surface area contributed by atoms with Gasteiger partial charge in [-0.1, -0.05) is 0 Å². The zero-order chi connectivity index (χ0) is 9.15. The van der Waals surface area contributed by atoms with E-state index >= 15 is 0 Å². The number of nitrogens with zero attached hydrogens (tertiary/aromatic N) is 3. The molecule has 1 saturated carbocycles. The maximum atomic E-state index is 5.07. The van der Waals surface area contributed by atoms with E-state index in [0.717, 1.165) is 13.0 Å². The van der Waals surface area contributed by atoms with Gasteiger partial charge in [0.2, 0.25) is 0 Å². The molecule has 0 unspecified atom stereocenters. The number of aryl methyl sites for hydroxylation is 1. The quantitative estimate of drug-likeness (QED) is 0.667. The van der Waals surface area contributed by atoms with Gasteiger partial charge in [0, 0.05) is 6.54 Å². The minimum Gasteiger partial charge on any atom is -0.304 e. The smallest absolute Gasteiger partial charge is 0.137 e. The van der Waals surface area contributed by atoms with Gasteiger partial charge in [-0.05, 0) is 24.7 Å². The summed E-state index contributed by atoms with van der Waals surface area (Å²) >= 11 is 0. The molecule has 0 spiro atoms. The van der Waals surface area contributed by atoms with Crippen molar-refractivity contribution in [2.75, 3.05) is 6.61 Å². The van der Waals surface area contributed by atoms with Gasteiger partial charge < -0.3 is 4.84 Å². The van der Waals surface area contributed by atoms with E-state index in [0.29, 0.717) is 12.0 Å². The highest BCUT2D eigenvalue weighted by atomic mass is 16.6. The van der Waals surface area contributed by atoms with E-state index in [1.807, 2.05) is 4.68 Å². The van der Waals surface area contributed by atoms with Crippen LogP contribution in [0.1, 0.15) is 19.3 Å². The molecule has 0 bridgehead atoms. The Balaban J connectivity index is 1.79. The Bertz CT molecular complexity index is 255. The summed E-state index contributed by atoms with van der Waals surface area (Å²) in [6, 6.07) is 0. The van der Waals surface area contributed by atoms with Crippen molar-refractivity contribution in [3.05, 3.63) is 12.7 Å². The molecule has 13 heavy (non-hydrogen) atoms. The lowest BCUT2D eigenvalue weighted by atomic mass is 10.0. The summed E-state index contributed by atoms with van der Waals surface area (Å²) in [7, 11) is 0. The molecule has 1 aromatic heterocycles. The lowest BCUT2D eigenvalue weighted by Crippen LogP contribution is -2.16. The van der Waals surface area contributed by atoms with Crippen LogP contribution in [0.2, 0.25) is 0 Å². The molecule has 0 atom stereocenters. The second-order valence-electron chi connectivity index (χ2n) is 3.72. The molecule has 0 saturated heterocycles. The first-order chi connectivity index (χ1) is 6.35. The van der Waals surface area contributed by atoms with Crippen LogP contribution in [-0.2, 0) is 11.4 Å². The van der Waals surface area contributed by atoms with Crippen LogP contribution in [0.5, 0.6) is 0 Å². The molecule has 1 aromatic rings. The molecular weight excluding hydrogens is 168 g/mol. The van der Waals surface area contributed by atoms with Crippen molar-refractivity contribution in [1.29, 1.82) is 0 Å². The standard InChI is InChI=1S/C8H14N4O/c9-13-5-8(1-2-8)3-4-12-7-10-6-11-12/h6-7H,1-5,9H2. The normalized spacial score (nSPS) is 18.8. The van der Waals surface area contributed by atoms with Gasteiger partial charge >= 0.3 is 0 Å². The Morgan fingerprint density at radius 2 is 2.38 bits per heavy atom. The molecule has 0 radical (unpaired) electrons. The summed E-state index contributed by atoms with van der Waals surface area (Å²) in [4.78, 5) is 8.58. The first-order valence-electron chi connectivity index (χ1n) is 4.49. The highest BCUT2D eigenvalue weighted by Gasteiger charge is 2.42. The number of nitrogens with two attached hydrogens (primary N) is 1. The molecule has 0 aromatic carbocycles. The monoisotopic (exact) mass is 182 g/mol. The van der Waals surface area contributed by atoms with E-state index in [9.17, 15) is 0 Å². The molecule has 1 fully saturated rings. The van der Waals surface area contributed by atoms with E-state index in [4.69, 9.17) is 10.7 Å². The number of aromatic nitrogens is 3. The van der Waals surface area contributed by atoms with Gasteiger partial charge in [-0.2, -0.15) is 5.10 Å². The van der Waals surface area contributed by atoms with Crippen molar-refractivity contribution in [3.8, 4) is 0 Å². The summed E-state index contributed by atoms with van der Waals surface area (Å²) < 4.78 is 1.84. The molecule has 0 aliphatic heterocycles. The van der Waals surface area contributed by atoms with Crippen LogP contribution in [0.25, 0.3) is 0 Å². The van der Waals surface area contributed by atoms with E-state index < -0.39 is 0 Å². The Hall–Kier alpha value is -0.940. The van der Waals surface area contributed by atoms with Crippen molar-refractivity contribution in [3.63, 3.8) is 0 Å². The third-order valence-electron chi connectivity index (χ3n) is 2.68. The van der Waals surface area contributed by atoms with Gasteiger partial charge in [0.05, 0.1) is 6.61 Å². The van der Waals surface area contributed by atoms with Crippen molar-refractivity contribution in [1.82, 2.24) is 14.8 Å². The first kappa shape index (κ1) is 8.65. The number of hydrogen-bond donors (Lipinski definition) is 1. The van der Waals surface area contributed by atoms with Crippen LogP contribution in [0.3, 0.4) is 0 Å².